The van der Waals surface area contributed by atoms with Gasteiger partial charge in [0, 0.05) is 5.69 Å². The van der Waals surface area contributed by atoms with E-state index in [0.29, 0.717) is 40.1 Å². The SMILES string of the molecule is CCOc1cc(/C=C2\SC(=O)N(CC(=O)Nc3ccc(OC)c(Cl)c3)C2=O)ccc1OCc1ccc(F)cc1. The van der Waals surface area contributed by atoms with Crippen LogP contribution < -0.4 is 19.5 Å². The zero-order chi connectivity index (χ0) is 27.9. The molecule has 1 aliphatic heterocycles. The van der Waals surface area contributed by atoms with Crippen molar-refractivity contribution < 1.29 is 33.0 Å². The van der Waals surface area contributed by atoms with Gasteiger partial charge in [-0.05, 0) is 78.4 Å². The number of rotatable bonds is 10. The Labute approximate surface area is 233 Å². The third kappa shape index (κ3) is 7.10. The normalized spacial score (nSPS) is 14.1. The van der Waals surface area contributed by atoms with Gasteiger partial charge in [-0.2, -0.15) is 0 Å². The highest BCUT2D eigenvalue weighted by atomic mass is 35.5. The van der Waals surface area contributed by atoms with Crippen LogP contribution in [0, 0.1) is 5.82 Å². The van der Waals surface area contributed by atoms with Crippen molar-refractivity contribution in [2.75, 3.05) is 25.6 Å². The second kappa shape index (κ2) is 12.7. The summed E-state index contributed by atoms with van der Waals surface area (Å²) in [5.41, 5.74) is 1.80. The Morgan fingerprint density at radius 1 is 1.03 bits per heavy atom. The zero-order valence-corrected chi connectivity index (χ0v) is 22.6. The minimum Gasteiger partial charge on any atom is -0.495 e. The first-order valence-electron chi connectivity index (χ1n) is 11.8. The minimum absolute atomic E-state index is 0.169. The molecule has 3 amide bonds. The number of hydrogen-bond donors (Lipinski definition) is 1. The summed E-state index contributed by atoms with van der Waals surface area (Å²) in [6, 6.07) is 15.8. The van der Waals surface area contributed by atoms with Crippen LogP contribution in [-0.4, -0.2) is 42.2 Å². The highest BCUT2D eigenvalue weighted by molar-refractivity contribution is 8.18. The van der Waals surface area contributed by atoms with E-state index in [2.05, 4.69) is 5.32 Å². The summed E-state index contributed by atoms with van der Waals surface area (Å²) in [5.74, 6) is -0.0912. The summed E-state index contributed by atoms with van der Waals surface area (Å²) >= 11 is 6.82. The molecule has 1 fully saturated rings. The number of nitrogens with one attached hydrogen (secondary N) is 1. The monoisotopic (exact) mass is 570 g/mol. The summed E-state index contributed by atoms with van der Waals surface area (Å²) in [7, 11) is 1.47. The molecule has 0 saturated carbocycles. The van der Waals surface area contributed by atoms with Crippen molar-refractivity contribution in [3.8, 4) is 17.2 Å². The third-order valence-electron chi connectivity index (χ3n) is 5.48. The lowest BCUT2D eigenvalue weighted by Gasteiger charge is -2.13. The van der Waals surface area contributed by atoms with Crippen LogP contribution in [0.4, 0.5) is 14.9 Å². The standard InChI is InChI=1S/C28H24ClFN2O6S/c1-3-37-24-12-18(6-10-23(24)38-16-17-4-7-19(30)8-5-17)13-25-27(34)32(28(35)39-25)15-26(33)31-20-9-11-22(36-2)21(29)14-20/h4-14H,3,15-16H2,1-2H3,(H,31,33)/b25-13-. The molecule has 0 atom stereocenters. The van der Waals surface area contributed by atoms with Crippen LogP contribution in [0.25, 0.3) is 6.08 Å². The topological polar surface area (TPSA) is 94.2 Å². The van der Waals surface area contributed by atoms with E-state index in [1.54, 1.807) is 48.5 Å². The number of nitrogens with zero attached hydrogens (tertiary/aromatic N) is 1. The number of ether oxygens (including phenoxy) is 3. The summed E-state index contributed by atoms with van der Waals surface area (Å²) in [6.45, 7) is 1.96. The fourth-order valence-electron chi connectivity index (χ4n) is 3.62. The molecule has 4 rings (SSSR count). The van der Waals surface area contributed by atoms with E-state index in [1.807, 2.05) is 6.92 Å². The molecular weight excluding hydrogens is 547 g/mol. The first kappa shape index (κ1) is 28.0. The quantitative estimate of drug-likeness (QED) is 0.293. The number of imide groups is 1. The molecule has 0 unspecified atom stereocenters. The van der Waals surface area contributed by atoms with Crippen LogP contribution in [0.2, 0.25) is 5.02 Å². The van der Waals surface area contributed by atoms with E-state index >= 15 is 0 Å². The van der Waals surface area contributed by atoms with Gasteiger partial charge >= 0.3 is 0 Å². The largest absolute Gasteiger partial charge is 0.495 e. The predicted octanol–water partition coefficient (Wildman–Crippen LogP) is 6.14. The average Bonchev–Trinajstić information content (AvgIpc) is 3.16. The van der Waals surface area contributed by atoms with Crippen LogP contribution in [0.1, 0.15) is 18.1 Å². The number of carbonyl (C=O) groups excluding carboxylic acids is 3. The molecular formula is C28H24ClFN2O6S. The first-order chi connectivity index (χ1) is 18.8. The molecule has 8 nitrogen and oxygen atoms in total. The Bertz CT molecular complexity index is 1430. The van der Waals surface area contributed by atoms with Crippen molar-refractivity contribution in [2.45, 2.75) is 13.5 Å². The smallest absolute Gasteiger partial charge is 0.294 e. The maximum absolute atomic E-state index is 13.1. The number of benzene rings is 3. The van der Waals surface area contributed by atoms with E-state index in [4.69, 9.17) is 25.8 Å². The van der Waals surface area contributed by atoms with Crippen LogP contribution in [-0.2, 0) is 16.2 Å². The van der Waals surface area contributed by atoms with Crippen molar-refractivity contribution in [3.05, 3.63) is 87.5 Å². The molecule has 0 aromatic heterocycles. The van der Waals surface area contributed by atoms with Crippen LogP contribution in [0.5, 0.6) is 17.2 Å². The highest BCUT2D eigenvalue weighted by Gasteiger charge is 2.36. The van der Waals surface area contributed by atoms with Crippen molar-refractivity contribution in [2.24, 2.45) is 0 Å². The van der Waals surface area contributed by atoms with E-state index in [-0.39, 0.29) is 17.3 Å². The Morgan fingerprint density at radius 3 is 2.46 bits per heavy atom. The van der Waals surface area contributed by atoms with E-state index in [1.165, 1.54) is 25.3 Å². The molecule has 1 saturated heterocycles. The summed E-state index contributed by atoms with van der Waals surface area (Å²) in [5, 5.41) is 2.37. The lowest BCUT2D eigenvalue weighted by Crippen LogP contribution is -2.36. The molecule has 0 spiro atoms. The van der Waals surface area contributed by atoms with Crippen LogP contribution >= 0.6 is 23.4 Å². The Kier molecular flexibility index (Phi) is 9.11. The first-order valence-corrected chi connectivity index (χ1v) is 13.0. The Morgan fingerprint density at radius 2 is 1.77 bits per heavy atom. The molecule has 1 heterocycles. The van der Waals surface area contributed by atoms with Crippen LogP contribution in [0.3, 0.4) is 0 Å². The number of anilines is 1. The summed E-state index contributed by atoms with van der Waals surface area (Å²) in [6.07, 6.45) is 1.55. The van der Waals surface area contributed by atoms with Gasteiger partial charge < -0.3 is 19.5 Å². The second-order valence-corrected chi connectivity index (χ2v) is 9.62. The second-order valence-electron chi connectivity index (χ2n) is 8.22. The highest BCUT2D eigenvalue weighted by Crippen LogP contribution is 2.35. The number of amides is 3. The molecule has 1 aliphatic rings. The number of hydrogen-bond acceptors (Lipinski definition) is 7. The molecule has 0 bridgehead atoms. The summed E-state index contributed by atoms with van der Waals surface area (Å²) in [4.78, 5) is 39.0. The molecule has 3 aromatic carbocycles. The molecule has 1 N–H and O–H groups in total. The molecule has 39 heavy (non-hydrogen) atoms. The number of carbonyl (C=O) groups is 3. The average molecular weight is 571 g/mol. The predicted molar refractivity (Wildman–Crippen MR) is 148 cm³/mol. The van der Waals surface area contributed by atoms with Gasteiger partial charge in [-0.25, -0.2) is 4.39 Å². The van der Waals surface area contributed by atoms with Gasteiger partial charge in [0.1, 0.15) is 24.7 Å². The van der Waals surface area contributed by atoms with E-state index in [0.717, 1.165) is 22.2 Å². The van der Waals surface area contributed by atoms with Gasteiger partial charge in [-0.1, -0.05) is 29.8 Å². The molecule has 3 aromatic rings. The summed E-state index contributed by atoms with van der Waals surface area (Å²) < 4.78 is 29.8. The number of methoxy groups -OCH3 is 1. The Balaban J connectivity index is 1.43. The van der Waals surface area contributed by atoms with E-state index in [9.17, 15) is 18.8 Å². The lowest BCUT2D eigenvalue weighted by atomic mass is 10.1. The maximum Gasteiger partial charge on any atom is 0.294 e. The van der Waals surface area contributed by atoms with Gasteiger partial charge in [0.15, 0.2) is 11.5 Å². The van der Waals surface area contributed by atoms with Crippen LogP contribution in [0.15, 0.2) is 65.6 Å². The lowest BCUT2D eigenvalue weighted by molar-refractivity contribution is -0.127. The fourth-order valence-corrected chi connectivity index (χ4v) is 4.72. The van der Waals surface area contributed by atoms with Crippen molar-refractivity contribution in [1.29, 1.82) is 0 Å². The van der Waals surface area contributed by atoms with Gasteiger partial charge in [0.2, 0.25) is 5.91 Å². The fraction of sp³-hybridized carbons (Fsp3) is 0.179. The Hall–Kier alpha value is -4.02. The third-order valence-corrected chi connectivity index (χ3v) is 6.69. The van der Waals surface area contributed by atoms with Gasteiger partial charge in [-0.3, -0.25) is 19.3 Å². The maximum atomic E-state index is 13.1. The van der Waals surface area contributed by atoms with Gasteiger partial charge in [0.05, 0.1) is 23.6 Å². The van der Waals surface area contributed by atoms with Crippen molar-refractivity contribution >= 4 is 52.2 Å². The van der Waals surface area contributed by atoms with Gasteiger partial charge in [0.25, 0.3) is 11.1 Å². The molecule has 0 aliphatic carbocycles. The number of halogens is 2. The molecule has 11 heteroatoms. The molecule has 202 valence electrons. The van der Waals surface area contributed by atoms with Gasteiger partial charge in [-0.15, -0.1) is 0 Å². The minimum atomic E-state index is -0.581. The molecule has 0 radical (unpaired) electrons. The van der Waals surface area contributed by atoms with Crippen molar-refractivity contribution in [1.82, 2.24) is 4.90 Å². The van der Waals surface area contributed by atoms with Crippen molar-refractivity contribution in [3.63, 3.8) is 0 Å². The number of thioether (sulfide) groups is 1. The zero-order valence-electron chi connectivity index (χ0n) is 21.0. The van der Waals surface area contributed by atoms with E-state index < -0.39 is 23.6 Å².